The molecule has 180 valence electrons. The highest BCUT2D eigenvalue weighted by molar-refractivity contribution is 7.89. The molecule has 7 nitrogen and oxygen atoms in total. The van der Waals surface area contributed by atoms with Crippen LogP contribution in [-0.2, 0) is 19.6 Å². The van der Waals surface area contributed by atoms with Crippen molar-refractivity contribution in [3.8, 4) is 0 Å². The molecule has 2 fully saturated rings. The molecule has 2 aromatic carbocycles. The number of nitrogens with one attached hydrogen (secondary N) is 1. The Morgan fingerprint density at radius 2 is 1.68 bits per heavy atom. The normalized spacial score (nSPS) is 23.5. The Hall–Kier alpha value is -2.97. The summed E-state index contributed by atoms with van der Waals surface area (Å²) >= 11 is 0. The van der Waals surface area contributed by atoms with E-state index in [1.165, 1.54) is 31.1 Å². The number of sulfonamides is 1. The maximum absolute atomic E-state index is 13.7. The van der Waals surface area contributed by atoms with Crippen LogP contribution >= 0.6 is 0 Å². The van der Waals surface area contributed by atoms with Crippen LogP contribution in [0.4, 0.5) is 5.69 Å². The Labute approximate surface area is 201 Å². The lowest BCUT2D eigenvalue weighted by Gasteiger charge is -2.54. The van der Waals surface area contributed by atoms with Gasteiger partial charge in [0, 0.05) is 25.8 Å². The van der Waals surface area contributed by atoms with Crippen molar-refractivity contribution in [3.63, 3.8) is 0 Å². The van der Waals surface area contributed by atoms with Gasteiger partial charge in [-0.3, -0.25) is 14.5 Å². The highest BCUT2D eigenvalue weighted by atomic mass is 32.2. The molecular formula is C26H31N3O4S. The van der Waals surface area contributed by atoms with Gasteiger partial charge >= 0.3 is 0 Å². The minimum atomic E-state index is -3.60. The summed E-state index contributed by atoms with van der Waals surface area (Å²) in [5, 5.41) is 3.17. The predicted molar refractivity (Wildman–Crippen MR) is 133 cm³/mol. The predicted octanol–water partition coefficient (Wildman–Crippen LogP) is 3.43. The molecule has 1 heterocycles. The Morgan fingerprint density at radius 1 is 1.06 bits per heavy atom. The van der Waals surface area contributed by atoms with Crippen molar-refractivity contribution in [2.24, 2.45) is 5.92 Å². The topological polar surface area (TPSA) is 86.8 Å². The van der Waals surface area contributed by atoms with Crippen LogP contribution in [0.25, 0.3) is 6.08 Å². The standard InChI is InChI=1S/C26H31N3O4S/c1-19-24(30)29(22-13-15-23(16-14-22)34(32,33)28(2)3)26(19,18-17-20-9-5-4-6-10-20)25(31)27-21-11-7-8-12-21/h4-6,9-10,13-19,21H,7-8,11-12H2,1-3H3,(H,27,31)/b18-17+. The molecule has 2 aliphatic rings. The van der Waals surface area contributed by atoms with Gasteiger partial charge in [-0.2, -0.15) is 0 Å². The third-order valence-electron chi connectivity index (χ3n) is 6.88. The van der Waals surface area contributed by atoms with Gasteiger partial charge in [-0.05, 0) is 48.7 Å². The van der Waals surface area contributed by atoms with Gasteiger partial charge < -0.3 is 5.32 Å². The Balaban J connectivity index is 1.73. The molecule has 1 N–H and O–H groups in total. The number of hydrogen-bond acceptors (Lipinski definition) is 4. The maximum atomic E-state index is 13.7. The molecule has 2 unspecified atom stereocenters. The first-order valence-electron chi connectivity index (χ1n) is 11.6. The van der Waals surface area contributed by atoms with Gasteiger partial charge in [-0.25, -0.2) is 12.7 Å². The van der Waals surface area contributed by atoms with Crippen LogP contribution in [0.1, 0.15) is 38.2 Å². The van der Waals surface area contributed by atoms with Crippen molar-refractivity contribution in [2.75, 3.05) is 19.0 Å². The zero-order valence-electron chi connectivity index (χ0n) is 19.8. The van der Waals surface area contributed by atoms with Gasteiger partial charge in [-0.1, -0.05) is 56.2 Å². The summed E-state index contributed by atoms with van der Waals surface area (Å²) in [5.41, 5.74) is 0.215. The zero-order valence-corrected chi connectivity index (χ0v) is 20.6. The van der Waals surface area contributed by atoms with Gasteiger partial charge in [-0.15, -0.1) is 0 Å². The number of carbonyl (C=O) groups excluding carboxylic acids is 2. The minimum absolute atomic E-state index is 0.104. The number of carbonyl (C=O) groups is 2. The molecule has 1 aliphatic carbocycles. The van der Waals surface area contributed by atoms with Crippen LogP contribution in [0.15, 0.2) is 65.6 Å². The molecule has 1 saturated carbocycles. The van der Waals surface area contributed by atoms with Crippen molar-refractivity contribution >= 4 is 33.6 Å². The summed E-state index contributed by atoms with van der Waals surface area (Å²) in [5.74, 6) is -0.940. The van der Waals surface area contributed by atoms with Gasteiger partial charge in [0.2, 0.25) is 15.9 Å². The summed E-state index contributed by atoms with van der Waals surface area (Å²) in [4.78, 5) is 28.4. The molecular weight excluding hydrogens is 450 g/mol. The van der Waals surface area contributed by atoms with Crippen molar-refractivity contribution in [1.82, 2.24) is 9.62 Å². The van der Waals surface area contributed by atoms with E-state index in [2.05, 4.69) is 5.32 Å². The molecule has 1 aliphatic heterocycles. The maximum Gasteiger partial charge on any atom is 0.251 e. The second kappa shape index (κ2) is 9.35. The van der Waals surface area contributed by atoms with Gasteiger partial charge in [0.15, 0.2) is 5.54 Å². The third-order valence-corrected chi connectivity index (χ3v) is 8.71. The third kappa shape index (κ3) is 4.16. The van der Waals surface area contributed by atoms with E-state index < -0.39 is 21.5 Å². The van der Waals surface area contributed by atoms with Crippen LogP contribution < -0.4 is 10.2 Å². The lowest BCUT2D eigenvalue weighted by molar-refractivity contribution is -0.143. The van der Waals surface area contributed by atoms with Crippen LogP contribution in [0.3, 0.4) is 0 Å². The van der Waals surface area contributed by atoms with Crippen LogP contribution in [0.5, 0.6) is 0 Å². The fourth-order valence-electron chi connectivity index (χ4n) is 4.76. The van der Waals surface area contributed by atoms with Gasteiger partial charge in [0.1, 0.15) is 0 Å². The highest BCUT2D eigenvalue weighted by Gasteiger charge is 2.62. The number of benzene rings is 2. The quantitative estimate of drug-likeness (QED) is 0.614. The second-order valence-electron chi connectivity index (χ2n) is 9.20. The van der Waals surface area contributed by atoms with E-state index in [1.54, 1.807) is 19.1 Å². The van der Waals surface area contributed by atoms with E-state index in [1.807, 2.05) is 42.5 Å². The first kappa shape index (κ1) is 24.2. The van der Waals surface area contributed by atoms with Gasteiger partial charge in [0.25, 0.3) is 5.91 Å². The highest BCUT2D eigenvalue weighted by Crippen LogP contribution is 2.44. The molecule has 8 heteroatoms. The largest absolute Gasteiger partial charge is 0.351 e. The number of anilines is 1. The number of amides is 2. The summed E-state index contributed by atoms with van der Waals surface area (Å²) in [6.45, 7) is 1.77. The van der Waals surface area contributed by atoms with E-state index in [0.29, 0.717) is 5.69 Å². The van der Waals surface area contributed by atoms with Gasteiger partial charge in [0.05, 0.1) is 10.8 Å². The average molecular weight is 482 g/mol. The molecule has 1 saturated heterocycles. The first-order valence-corrected chi connectivity index (χ1v) is 13.0. The molecule has 0 spiro atoms. The minimum Gasteiger partial charge on any atom is -0.351 e. The molecule has 2 amide bonds. The van der Waals surface area contributed by atoms with E-state index in [0.717, 1.165) is 35.6 Å². The monoisotopic (exact) mass is 481 g/mol. The van der Waals surface area contributed by atoms with Crippen LogP contribution in [0.2, 0.25) is 0 Å². The van der Waals surface area contributed by atoms with Crippen molar-refractivity contribution in [2.45, 2.75) is 49.1 Å². The Kier molecular flexibility index (Phi) is 6.64. The number of β-lactam (4-membered cyclic amide) rings is 1. The second-order valence-corrected chi connectivity index (χ2v) is 11.4. The van der Waals surface area contributed by atoms with Crippen molar-refractivity contribution in [3.05, 3.63) is 66.2 Å². The first-order chi connectivity index (χ1) is 16.2. The molecule has 0 bridgehead atoms. The molecule has 34 heavy (non-hydrogen) atoms. The van der Waals surface area contributed by atoms with E-state index in [4.69, 9.17) is 0 Å². The van der Waals surface area contributed by atoms with Crippen LogP contribution in [-0.4, -0.2) is 50.2 Å². The molecule has 4 rings (SSSR count). The average Bonchev–Trinajstić information content (AvgIpc) is 3.34. The van der Waals surface area contributed by atoms with E-state index in [-0.39, 0.29) is 22.8 Å². The fraction of sp³-hybridized carbons (Fsp3) is 0.385. The lowest BCUT2D eigenvalue weighted by Crippen LogP contribution is -2.76. The summed E-state index contributed by atoms with van der Waals surface area (Å²) < 4.78 is 26.1. The number of rotatable bonds is 7. The number of nitrogens with zero attached hydrogens (tertiary/aromatic N) is 2. The van der Waals surface area contributed by atoms with E-state index in [9.17, 15) is 18.0 Å². The van der Waals surface area contributed by atoms with E-state index >= 15 is 0 Å². The molecule has 0 radical (unpaired) electrons. The van der Waals surface area contributed by atoms with Crippen molar-refractivity contribution < 1.29 is 18.0 Å². The number of hydrogen-bond donors (Lipinski definition) is 1. The lowest BCUT2D eigenvalue weighted by atomic mass is 9.72. The SMILES string of the molecule is CC1C(=O)N(c2ccc(S(=O)(=O)N(C)C)cc2)C1(/C=C/c1ccccc1)C(=O)NC1CCCC1. The summed E-state index contributed by atoms with van der Waals surface area (Å²) in [7, 11) is -0.665. The molecule has 2 atom stereocenters. The molecule has 0 aromatic heterocycles. The Morgan fingerprint density at radius 3 is 2.26 bits per heavy atom. The molecule has 2 aromatic rings. The van der Waals surface area contributed by atoms with Crippen molar-refractivity contribution in [1.29, 1.82) is 0 Å². The fourth-order valence-corrected chi connectivity index (χ4v) is 5.66. The smallest absolute Gasteiger partial charge is 0.251 e. The summed E-state index contributed by atoms with van der Waals surface area (Å²) in [6.07, 6.45) is 7.71. The summed E-state index contributed by atoms with van der Waals surface area (Å²) in [6, 6.07) is 15.9. The van der Waals surface area contributed by atoms with Crippen LogP contribution in [0, 0.1) is 5.92 Å². The Bertz CT molecular complexity index is 1190. The zero-order chi connectivity index (χ0) is 24.5.